The average molecular weight is 902 g/mol. The largest absolute Gasteiger partial charge is 0.545 e. The number of esters is 2. The lowest BCUT2D eigenvalue weighted by atomic mass is 10.0. The van der Waals surface area contributed by atoms with Crippen LogP contribution in [-0.4, -0.2) is 82.3 Å². The van der Waals surface area contributed by atoms with Crippen LogP contribution in [0.1, 0.15) is 226 Å². The van der Waals surface area contributed by atoms with Crippen LogP contribution in [0.5, 0.6) is 0 Å². The van der Waals surface area contributed by atoms with E-state index < -0.39 is 24.3 Å². The Morgan fingerprint density at radius 3 is 1.33 bits per heavy atom. The lowest BCUT2D eigenvalue weighted by Crippen LogP contribution is -2.44. The summed E-state index contributed by atoms with van der Waals surface area (Å²) in [5, 5.41) is 11.7. The summed E-state index contributed by atoms with van der Waals surface area (Å²) < 4.78 is 22.6. The first-order chi connectivity index (χ1) is 31.1. The number of quaternary nitrogens is 1. The van der Waals surface area contributed by atoms with Gasteiger partial charge in [-0.25, -0.2) is 0 Å². The second-order valence-corrected chi connectivity index (χ2v) is 18.8. The quantitative estimate of drug-likeness (QED) is 0.0195. The van der Waals surface area contributed by atoms with Gasteiger partial charge in [0.25, 0.3) is 0 Å². The van der Waals surface area contributed by atoms with E-state index in [0.29, 0.717) is 23.9 Å². The van der Waals surface area contributed by atoms with Crippen LogP contribution in [0.25, 0.3) is 0 Å². The van der Waals surface area contributed by atoms with E-state index in [2.05, 4.69) is 62.5 Å². The molecule has 0 amide bonds. The summed E-state index contributed by atoms with van der Waals surface area (Å²) in [4.78, 5) is 37.0. The number of unbranched alkanes of at least 4 members (excludes halogenated alkanes) is 25. The monoisotopic (exact) mass is 902 g/mol. The highest BCUT2D eigenvalue weighted by Crippen LogP contribution is 2.16. The van der Waals surface area contributed by atoms with Crippen molar-refractivity contribution < 1.29 is 42.9 Å². The number of rotatable bonds is 48. The van der Waals surface area contributed by atoms with E-state index >= 15 is 0 Å². The fourth-order valence-corrected chi connectivity index (χ4v) is 7.29. The third-order valence-corrected chi connectivity index (χ3v) is 11.3. The summed E-state index contributed by atoms with van der Waals surface area (Å²) in [6.07, 6.45) is 53.1. The number of allylic oxidation sites excluding steroid dienone is 8. The van der Waals surface area contributed by atoms with Crippen molar-refractivity contribution in [1.82, 2.24) is 0 Å². The number of hydrogen-bond acceptors (Lipinski definition) is 8. The lowest BCUT2D eigenvalue weighted by Gasteiger charge is -2.26. The van der Waals surface area contributed by atoms with Crippen LogP contribution in [0, 0.1) is 0 Å². The third kappa shape index (κ3) is 47.2. The first-order valence-corrected chi connectivity index (χ1v) is 26.3. The molecule has 0 aromatic rings. The van der Waals surface area contributed by atoms with Crippen molar-refractivity contribution in [2.45, 2.75) is 238 Å². The Balaban J connectivity index is 4.12. The van der Waals surface area contributed by atoms with E-state index in [-0.39, 0.29) is 32.2 Å². The molecule has 0 aliphatic heterocycles. The Labute approximate surface area is 393 Å². The SMILES string of the molecule is CC/C=C\C/C=C\C/C=C\C/C=C\CCCCCCCCCCCCCCCCCCC(=O)OC(COC(=O)CCCCCCCCCCCC)COC(OCC[N+](C)(C)C)C(=O)[O-]. The Bertz CT molecular complexity index is 1190. The molecule has 372 valence electrons. The summed E-state index contributed by atoms with van der Waals surface area (Å²) in [5.74, 6) is -2.28. The van der Waals surface area contributed by atoms with Gasteiger partial charge in [-0.3, -0.25) is 9.59 Å². The zero-order chi connectivity index (χ0) is 47.0. The number of ether oxygens (including phenoxy) is 4. The van der Waals surface area contributed by atoms with Gasteiger partial charge in [0.05, 0.1) is 40.3 Å². The van der Waals surface area contributed by atoms with Crippen LogP contribution in [0.2, 0.25) is 0 Å². The van der Waals surface area contributed by atoms with Crippen molar-refractivity contribution in [3.8, 4) is 0 Å². The Kier molecular flexibility index (Phi) is 44.8. The molecule has 64 heavy (non-hydrogen) atoms. The predicted molar refractivity (Wildman–Crippen MR) is 265 cm³/mol. The third-order valence-electron chi connectivity index (χ3n) is 11.3. The summed E-state index contributed by atoms with van der Waals surface area (Å²) in [5.41, 5.74) is 0. The second-order valence-electron chi connectivity index (χ2n) is 18.8. The lowest BCUT2D eigenvalue weighted by molar-refractivity contribution is -0.870. The molecular formula is C55H99NO8. The number of nitrogens with zero attached hydrogens (tertiary/aromatic N) is 1. The smallest absolute Gasteiger partial charge is 0.306 e. The summed E-state index contributed by atoms with van der Waals surface area (Å²) in [6, 6.07) is 0. The van der Waals surface area contributed by atoms with E-state index in [0.717, 1.165) is 57.8 Å². The first kappa shape index (κ1) is 61.2. The molecular weight excluding hydrogens is 803 g/mol. The normalized spacial score (nSPS) is 13.2. The molecule has 0 heterocycles. The molecule has 9 nitrogen and oxygen atoms in total. The van der Waals surface area contributed by atoms with E-state index in [1.165, 1.54) is 135 Å². The molecule has 0 rings (SSSR count). The van der Waals surface area contributed by atoms with Gasteiger partial charge >= 0.3 is 11.9 Å². The van der Waals surface area contributed by atoms with E-state index in [1.807, 2.05) is 21.1 Å². The predicted octanol–water partition coefficient (Wildman–Crippen LogP) is 13.4. The molecule has 0 saturated carbocycles. The number of likely N-dealkylation sites (N-methyl/N-ethyl adjacent to an activating group) is 1. The van der Waals surface area contributed by atoms with Crippen LogP contribution in [-0.2, 0) is 33.3 Å². The van der Waals surface area contributed by atoms with Crippen LogP contribution in [0.4, 0.5) is 0 Å². The Hall–Kier alpha value is -2.75. The maximum atomic E-state index is 12.8. The van der Waals surface area contributed by atoms with Crippen molar-refractivity contribution >= 4 is 17.9 Å². The molecule has 0 saturated heterocycles. The summed E-state index contributed by atoms with van der Waals surface area (Å²) >= 11 is 0. The molecule has 0 aromatic carbocycles. The minimum Gasteiger partial charge on any atom is -0.545 e. The van der Waals surface area contributed by atoms with Crippen LogP contribution < -0.4 is 5.11 Å². The van der Waals surface area contributed by atoms with Gasteiger partial charge in [-0.05, 0) is 51.4 Å². The molecule has 9 heteroatoms. The van der Waals surface area contributed by atoms with Crippen molar-refractivity contribution in [3.63, 3.8) is 0 Å². The van der Waals surface area contributed by atoms with E-state index in [4.69, 9.17) is 18.9 Å². The van der Waals surface area contributed by atoms with Gasteiger partial charge in [0.1, 0.15) is 13.2 Å². The highest BCUT2D eigenvalue weighted by Gasteiger charge is 2.22. The molecule has 0 fully saturated rings. The van der Waals surface area contributed by atoms with Crippen LogP contribution in [0.3, 0.4) is 0 Å². The van der Waals surface area contributed by atoms with Crippen molar-refractivity contribution in [1.29, 1.82) is 0 Å². The summed E-state index contributed by atoms with van der Waals surface area (Å²) in [6.45, 7) is 4.63. The van der Waals surface area contributed by atoms with E-state index in [9.17, 15) is 19.5 Å². The minimum absolute atomic E-state index is 0.149. The topological polar surface area (TPSA) is 111 Å². The Morgan fingerprint density at radius 2 is 0.891 bits per heavy atom. The van der Waals surface area contributed by atoms with Crippen molar-refractivity contribution in [2.24, 2.45) is 0 Å². The summed E-state index contributed by atoms with van der Waals surface area (Å²) in [7, 11) is 5.91. The molecule has 0 N–H and O–H groups in total. The van der Waals surface area contributed by atoms with Crippen molar-refractivity contribution in [2.75, 3.05) is 47.5 Å². The fourth-order valence-electron chi connectivity index (χ4n) is 7.29. The maximum Gasteiger partial charge on any atom is 0.306 e. The second kappa shape index (κ2) is 46.8. The minimum atomic E-state index is -1.62. The maximum absolute atomic E-state index is 12.8. The van der Waals surface area contributed by atoms with E-state index in [1.54, 1.807) is 0 Å². The first-order valence-electron chi connectivity index (χ1n) is 26.3. The number of carboxylic acids is 1. The number of hydrogen-bond donors (Lipinski definition) is 0. The van der Waals surface area contributed by atoms with Gasteiger partial charge in [0.15, 0.2) is 12.4 Å². The zero-order valence-electron chi connectivity index (χ0n) is 42.1. The molecule has 2 unspecified atom stereocenters. The molecule has 2 atom stereocenters. The highest BCUT2D eigenvalue weighted by atomic mass is 16.7. The van der Waals surface area contributed by atoms with Gasteiger partial charge < -0.3 is 33.3 Å². The fraction of sp³-hybridized carbons (Fsp3) is 0.800. The van der Waals surface area contributed by atoms with Gasteiger partial charge in [0.2, 0.25) is 0 Å². The zero-order valence-corrected chi connectivity index (χ0v) is 42.1. The molecule has 0 radical (unpaired) electrons. The molecule has 0 aromatic heterocycles. The number of aliphatic carboxylic acids is 1. The standard InChI is InChI=1S/C55H99NO8/c1-6-8-10-12-14-16-18-19-20-21-22-23-24-25-26-27-28-29-30-31-32-33-34-35-36-38-40-42-44-46-53(58)64-51(50-63-55(54(59)60)61-48-47-56(3,4)5)49-62-52(57)45-43-41-39-37-17-15-13-11-9-7-2/h8,10,14,16,19-20,22-23,51,55H,6-7,9,11-13,15,17-18,21,24-50H2,1-5H3/b10-8-,16-14-,20-19-,23-22-. The van der Waals surface area contributed by atoms with Gasteiger partial charge in [-0.1, -0.05) is 210 Å². The average Bonchev–Trinajstić information content (AvgIpc) is 3.26. The Morgan fingerprint density at radius 1 is 0.484 bits per heavy atom. The number of carbonyl (C=O) groups excluding carboxylic acids is 3. The molecule has 0 aliphatic rings. The van der Waals surface area contributed by atoms with Gasteiger partial charge in [0, 0.05) is 12.8 Å². The molecule has 0 spiro atoms. The van der Waals surface area contributed by atoms with Crippen molar-refractivity contribution in [3.05, 3.63) is 48.6 Å². The molecule has 0 aliphatic carbocycles. The van der Waals surface area contributed by atoms with Gasteiger partial charge in [-0.15, -0.1) is 0 Å². The van der Waals surface area contributed by atoms with Crippen LogP contribution in [0.15, 0.2) is 48.6 Å². The van der Waals surface area contributed by atoms with Crippen LogP contribution >= 0.6 is 0 Å². The highest BCUT2D eigenvalue weighted by molar-refractivity contribution is 5.70. The van der Waals surface area contributed by atoms with Gasteiger partial charge in [-0.2, -0.15) is 0 Å². The number of carbonyl (C=O) groups is 3. The molecule has 0 bridgehead atoms. The number of carboxylic acid groups (broad SMARTS) is 1.